The maximum absolute atomic E-state index is 11.6. The van der Waals surface area contributed by atoms with Gasteiger partial charge in [0.05, 0.1) is 16.2 Å². The molecule has 0 atom stereocenters. The van der Waals surface area contributed by atoms with Crippen LogP contribution in [0.4, 0.5) is 0 Å². The number of carbonyl (C=O) groups excluding carboxylic acids is 1. The molecule has 0 bridgehead atoms. The van der Waals surface area contributed by atoms with E-state index in [1.165, 1.54) is 12.3 Å². The molecule has 1 N–H and O–H groups in total. The summed E-state index contributed by atoms with van der Waals surface area (Å²) in [7, 11) is 0. The van der Waals surface area contributed by atoms with Crippen molar-refractivity contribution in [1.29, 1.82) is 0 Å². The van der Waals surface area contributed by atoms with Crippen molar-refractivity contribution in [3.8, 4) is 0 Å². The Kier molecular flexibility index (Phi) is 4.13. The third-order valence-corrected chi connectivity index (χ3v) is 2.03. The molecule has 1 aromatic rings. The van der Waals surface area contributed by atoms with Gasteiger partial charge in [-0.2, -0.15) is 0 Å². The van der Waals surface area contributed by atoms with E-state index in [-0.39, 0.29) is 15.7 Å². The summed E-state index contributed by atoms with van der Waals surface area (Å²) >= 11 is 11.4. The summed E-state index contributed by atoms with van der Waals surface area (Å²) in [6, 6.07) is 1.40. The van der Waals surface area contributed by atoms with E-state index in [1.807, 2.05) is 20.8 Å². The Labute approximate surface area is 104 Å². The van der Waals surface area contributed by atoms with Crippen molar-refractivity contribution in [2.24, 2.45) is 0 Å². The molecule has 1 amide bonds. The van der Waals surface area contributed by atoms with Gasteiger partial charge in [0.2, 0.25) is 0 Å². The van der Waals surface area contributed by atoms with Gasteiger partial charge in [0, 0.05) is 6.20 Å². The molecule has 88 valence electrons. The molecular formula is C10H12Cl2N2O2. The third kappa shape index (κ3) is 3.96. The Balaban J connectivity index is 2.74. The van der Waals surface area contributed by atoms with Crippen molar-refractivity contribution >= 4 is 29.1 Å². The van der Waals surface area contributed by atoms with E-state index in [2.05, 4.69) is 10.5 Å². The Morgan fingerprint density at radius 3 is 2.56 bits per heavy atom. The van der Waals surface area contributed by atoms with Gasteiger partial charge in [0.25, 0.3) is 5.91 Å². The van der Waals surface area contributed by atoms with Crippen molar-refractivity contribution in [3.63, 3.8) is 0 Å². The van der Waals surface area contributed by atoms with Crippen molar-refractivity contribution in [2.45, 2.75) is 26.4 Å². The Hall–Kier alpha value is -0.840. The molecule has 0 fully saturated rings. The highest BCUT2D eigenvalue weighted by atomic mass is 35.5. The summed E-state index contributed by atoms with van der Waals surface area (Å²) in [4.78, 5) is 20.5. The highest BCUT2D eigenvalue weighted by Crippen LogP contribution is 2.18. The van der Waals surface area contributed by atoms with Crippen LogP contribution in [0.3, 0.4) is 0 Å². The summed E-state index contributed by atoms with van der Waals surface area (Å²) in [5.74, 6) is -0.455. The van der Waals surface area contributed by atoms with Gasteiger partial charge in [0.15, 0.2) is 0 Å². The number of carbonyl (C=O) groups is 1. The zero-order valence-electron chi connectivity index (χ0n) is 9.17. The van der Waals surface area contributed by atoms with E-state index in [0.717, 1.165) is 0 Å². The molecule has 0 spiro atoms. The first kappa shape index (κ1) is 13.2. The van der Waals surface area contributed by atoms with Crippen molar-refractivity contribution in [1.82, 2.24) is 10.5 Å². The van der Waals surface area contributed by atoms with Crippen molar-refractivity contribution < 1.29 is 9.63 Å². The van der Waals surface area contributed by atoms with E-state index in [0.29, 0.717) is 0 Å². The maximum Gasteiger partial charge on any atom is 0.277 e. The second kappa shape index (κ2) is 4.99. The van der Waals surface area contributed by atoms with Gasteiger partial charge in [0.1, 0.15) is 5.15 Å². The summed E-state index contributed by atoms with van der Waals surface area (Å²) in [5.41, 5.74) is 2.04. The highest BCUT2D eigenvalue weighted by Gasteiger charge is 2.16. The number of nitrogens with zero attached hydrogens (tertiary/aromatic N) is 1. The summed E-state index contributed by atoms with van der Waals surface area (Å²) in [6.07, 6.45) is 1.30. The first-order valence-corrected chi connectivity index (χ1v) is 5.34. The lowest BCUT2D eigenvalue weighted by atomic mass is 10.2. The summed E-state index contributed by atoms with van der Waals surface area (Å²) in [5, 5.41) is 0.466. The monoisotopic (exact) mass is 262 g/mol. The van der Waals surface area contributed by atoms with Gasteiger partial charge in [-0.1, -0.05) is 23.2 Å². The lowest BCUT2D eigenvalue weighted by Crippen LogP contribution is -2.33. The lowest BCUT2D eigenvalue weighted by Gasteiger charge is -2.19. The molecule has 0 aliphatic rings. The molecule has 0 aliphatic heterocycles. The van der Waals surface area contributed by atoms with Crippen LogP contribution >= 0.6 is 23.2 Å². The minimum Gasteiger partial charge on any atom is -0.268 e. The number of hydroxylamine groups is 1. The van der Waals surface area contributed by atoms with Gasteiger partial charge in [-0.3, -0.25) is 9.63 Å². The van der Waals surface area contributed by atoms with Gasteiger partial charge in [-0.05, 0) is 26.8 Å². The fourth-order valence-corrected chi connectivity index (χ4v) is 1.28. The van der Waals surface area contributed by atoms with Crippen LogP contribution in [0.15, 0.2) is 12.3 Å². The Morgan fingerprint density at radius 1 is 1.44 bits per heavy atom. The van der Waals surface area contributed by atoms with Crippen LogP contribution in [0, 0.1) is 0 Å². The molecule has 0 aromatic carbocycles. The molecule has 1 rings (SSSR count). The molecule has 1 heterocycles. The van der Waals surface area contributed by atoms with Gasteiger partial charge < -0.3 is 0 Å². The zero-order chi connectivity index (χ0) is 12.3. The number of rotatable bonds is 2. The fraction of sp³-hybridized carbons (Fsp3) is 0.400. The zero-order valence-corrected chi connectivity index (χ0v) is 10.7. The normalized spacial score (nSPS) is 11.3. The molecule has 6 heteroatoms. The minimum absolute atomic E-state index is 0.218. The molecule has 4 nitrogen and oxygen atoms in total. The number of hydrogen-bond acceptors (Lipinski definition) is 3. The van der Waals surface area contributed by atoms with Crippen LogP contribution in [0.25, 0.3) is 0 Å². The molecule has 0 saturated heterocycles. The molecule has 0 saturated carbocycles. The smallest absolute Gasteiger partial charge is 0.268 e. The maximum atomic E-state index is 11.6. The average Bonchev–Trinajstić information content (AvgIpc) is 2.13. The molecule has 0 radical (unpaired) electrons. The van der Waals surface area contributed by atoms with E-state index in [4.69, 9.17) is 28.0 Å². The predicted molar refractivity (Wildman–Crippen MR) is 62.6 cm³/mol. The molecule has 1 aromatic heterocycles. The first-order chi connectivity index (χ1) is 7.29. The number of amides is 1. The van der Waals surface area contributed by atoms with Crippen LogP contribution < -0.4 is 5.48 Å². The van der Waals surface area contributed by atoms with Crippen LogP contribution in [0.5, 0.6) is 0 Å². The van der Waals surface area contributed by atoms with Crippen LogP contribution in [-0.4, -0.2) is 16.5 Å². The van der Waals surface area contributed by atoms with Crippen molar-refractivity contribution in [3.05, 3.63) is 28.0 Å². The summed E-state index contributed by atoms with van der Waals surface area (Å²) < 4.78 is 0. The first-order valence-electron chi connectivity index (χ1n) is 4.59. The quantitative estimate of drug-likeness (QED) is 0.659. The highest BCUT2D eigenvalue weighted by molar-refractivity contribution is 6.36. The van der Waals surface area contributed by atoms with E-state index < -0.39 is 11.5 Å². The largest absolute Gasteiger partial charge is 0.277 e. The van der Waals surface area contributed by atoms with Gasteiger partial charge in [-0.15, -0.1) is 0 Å². The predicted octanol–water partition coefficient (Wildman–Crippen LogP) is 2.85. The standard InChI is InChI=1S/C10H12Cl2N2O2/c1-10(2,3)16-14-9(15)6-5-13-8(12)4-7(6)11/h4-5H,1-3H3,(H,14,15). The molecule has 0 unspecified atom stereocenters. The van der Waals surface area contributed by atoms with Gasteiger partial charge >= 0.3 is 0 Å². The Bertz CT molecular complexity index is 402. The molecule has 16 heavy (non-hydrogen) atoms. The van der Waals surface area contributed by atoms with Gasteiger partial charge in [-0.25, -0.2) is 10.5 Å². The molecule has 0 aliphatic carbocycles. The van der Waals surface area contributed by atoms with E-state index >= 15 is 0 Å². The minimum atomic E-state index is -0.470. The average molecular weight is 263 g/mol. The topological polar surface area (TPSA) is 51.2 Å². The fourth-order valence-electron chi connectivity index (χ4n) is 0.829. The molecular weight excluding hydrogens is 251 g/mol. The van der Waals surface area contributed by atoms with E-state index in [1.54, 1.807) is 0 Å². The number of aromatic nitrogens is 1. The second-order valence-electron chi connectivity index (χ2n) is 4.13. The van der Waals surface area contributed by atoms with Crippen LogP contribution in [0.1, 0.15) is 31.1 Å². The Morgan fingerprint density at radius 2 is 2.06 bits per heavy atom. The number of halogens is 2. The number of nitrogens with one attached hydrogen (secondary N) is 1. The third-order valence-electron chi connectivity index (χ3n) is 1.51. The van der Waals surface area contributed by atoms with E-state index in [9.17, 15) is 4.79 Å². The lowest BCUT2D eigenvalue weighted by molar-refractivity contribution is -0.0589. The SMILES string of the molecule is CC(C)(C)ONC(=O)c1cnc(Cl)cc1Cl. The number of hydrogen-bond donors (Lipinski definition) is 1. The van der Waals surface area contributed by atoms with Crippen LogP contribution in [-0.2, 0) is 4.84 Å². The summed E-state index contributed by atoms with van der Waals surface area (Å²) in [6.45, 7) is 5.44. The number of pyridine rings is 1. The van der Waals surface area contributed by atoms with Crippen molar-refractivity contribution in [2.75, 3.05) is 0 Å². The second-order valence-corrected chi connectivity index (χ2v) is 4.93. The van der Waals surface area contributed by atoms with Crippen LogP contribution in [0.2, 0.25) is 10.2 Å².